The lowest BCUT2D eigenvalue weighted by atomic mass is 10.1. The molecule has 0 spiro atoms. The van der Waals surface area contributed by atoms with Crippen molar-refractivity contribution in [3.8, 4) is 0 Å². The van der Waals surface area contributed by atoms with Crippen molar-refractivity contribution in [2.75, 3.05) is 0 Å². The lowest BCUT2D eigenvalue weighted by molar-refractivity contribution is 0.1000. The van der Waals surface area contributed by atoms with Crippen molar-refractivity contribution in [2.24, 2.45) is 5.73 Å². The minimum atomic E-state index is -0.634. The average Bonchev–Trinajstić information content (AvgIpc) is 2.83. The molecule has 6 heteroatoms. The third kappa shape index (κ3) is 3.56. The van der Waals surface area contributed by atoms with Gasteiger partial charge in [0.05, 0.1) is 4.34 Å². The monoisotopic (exact) mass is 312 g/mol. The van der Waals surface area contributed by atoms with E-state index in [2.05, 4.69) is 5.32 Å². The van der Waals surface area contributed by atoms with Gasteiger partial charge in [-0.15, -0.1) is 11.3 Å². The molecule has 0 aliphatic rings. The molecule has 0 saturated heterocycles. The van der Waals surface area contributed by atoms with Gasteiger partial charge in [0, 0.05) is 28.6 Å². The molecule has 0 aliphatic carbocycles. The zero-order valence-corrected chi connectivity index (χ0v) is 12.4. The van der Waals surface area contributed by atoms with Crippen LogP contribution in [-0.4, -0.2) is 5.91 Å². The number of benzene rings is 1. The molecular formula is C14H14ClFN2OS. The summed E-state index contributed by atoms with van der Waals surface area (Å²) in [7, 11) is 0. The first-order chi connectivity index (χ1) is 9.47. The van der Waals surface area contributed by atoms with Crippen LogP contribution in [-0.2, 0) is 6.54 Å². The van der Waals surface area contributed by atoms with Crippen molar-refractivity contribution in [3.63, 3.8) is 0 Å². The number of halogens is 2. The van der Waals surface area contributed by atoms with Crippen LogP contribution < -0.4 is 11.1 Å². The maximum Gasteiger partial charge on any atom is 0.248 e. The zero-order valence-electron chi connectivity index (χ0n) is 10.8. The Morgan fingerprint density at radius 2 is 2.20 bits per heavy atom. The predicted molar refractivity (Wildman–Crippen MR) is 79.5 cm³/mol. The van der Waals surface area contributed by atoms with Gasteiger partial charge in [-0.2, -0.15) is 0 Å². The Morgan fingerprint density at radius 3 is 2.75 bits per heavy atom. The van der Waals surface area contributed by atoms with Crippen LogP contribution in [0.5, 0.6) is 0 Å². The molecule has 20 heavy (non-hydrogen) atoms. The molecule has 0 radical (unpaired) electrons. The number of rotatable bonds is 5. The Bertz CT molecular complexity index is 629. The van der Waals surface area contributed by atoms with E-state index in [1.165, 1.54) is 17.4 Å². The predicted octanol–water partition coefficient (Wildman–Crippen LogP) is 3.49. The quantitative estimate of drug-likeness (QED) is 0.888. The maximum absolute atomic E-state index is 13.8. The second-order valence-corrected chi connectivity index (χ2v) is 6.16. The fourth-order valence-electron chi connectivity index (χ4n) is 1.77. The van der Waals surface area contributed by atoms with Crippen LogP contribution in [0.3, 0.4) is 0 Å². The SMILES string of the molecule is CC(NCc1ccc(C(N)=O)cc1F)c1ccc(Cl)s1. The van der Waals surface area contributed by atoms with Crippen LogP contribution in [0.15, 0.2) is 30.3 Å². The molecule has 106 valence electrons. The fourth-order valence-corrected chi connectivity index (χ4v) is 2.86. The Kier molecular flexibility index (Phi) is 4.75. The molecule has 0 bridgehead atoms. The third-order valence-corrected chi connectivity index (χ3v) is 4.37. The summed E-state index contributed by atoms with van der Waals surface area (Å²) in [5.41, 5.74) is 5.76. The van der Waals surface area contributed by atoms with Crippen LogP contribution in [0.2, 0.25) is 4.34 Å². The largest absolute Gasteiger partial charge is 0.366 e. The number of carbonyl (C=O) groups is 1. The Morgan fingerprint density at radius 1 is 1.45 bits per heavy atom. The van der Waals surface area contributed by atoms with Gasteiger partial charge in [0.25, 0.3) is 0 Å². The highest BCUT2D eigenvalue weighted by molar-refractivity contribution is 7.16. The van der Waals surface area contributed by atoms with Gasteiger partial charge in [0.2, 0.25) is 5.91 Å². The maximum atomic E-state index is 13.8. The van der Waals surface area contributed by atoms with Gasteiger partial charge in [-0.05, 0) is 31.2 Å². The summed E-state index contributed by atoms with van der Waals surface area (Å²) in [4.78, 5) is 12.0. The van der Waals surface area contributed by atoms with E-state index < -0.39 is 11.7 Å². The molecule has 2 rings (SSSR count). The molecule has 1 aromatic carbocycles. The van der Waals surface area contributed by atoms with Crippen LogP contribution >= 0.6 is 22.9 Å². The van der Waals surface area contributed by atoms with Crippen LogP contribution in [0.25, 0.3) is 0 Å². The lowest BCUT2D eigenvalue weighted by Gasteiger charge is -2.12. The van der Waals surface area contributed by atoms with Gasteiger partial charge in [-0.1, -0.05) is 17.7 Å². The lowest BCUT2D eigenvalue weighted by Crippen LogP contribution is -2.18. The molecule has 1 atom stereocenters. The molecule has 2 aromatic rings. The molecule has 3 N–H and O–H groups in total. The topological polar surface area (TPSA) is 55.1 Å². The van der Waals surface area contributed by atoms with Gasteiger partial charge >= 0.3 is 0 Å². The molecular weight excluding hydrogens is 299 g/mol. The second kappa shape index (κ2) is 6.35. The normalized spacial score (nSPS) is 12.3. The number of nitrogens with one attached hydrogen (secondary N) is 1. The van der Waals surface area contributed by atoms with E-state index in [-0.39, 0.29) is 11.6 Å². The molecule has 1 amide bonds. The summed E-state index contributed by atoms with van der Waals surface area (Å²) < 4.78 is 14.5. The highest BCUT2D eigenvalue weighted by Gasteiger charge is 2.10. The summed E-state index contributed by atoms with van der Waals surface area (Å²) in [6, 6.07) is 8.10. The molecule has 0 saturated carbocycles. The van der Waals surface area contributed by atoms with E-state index in [0.717, 1.165) is 15.3 Å². The average molecular weight is 313 g/mol. The van der Waals surface area contributed by atoms with Crippen molar-refractivity contribution in [3.05, 3.63) is 56.5 Å². The van der Waals surface area contributed by atoms with Gasteiger partial charge < -0.3 is 11.1 Å². The number of nitrogens with two attached hydrogens (primary N) is 1. The van der Waals surface area contributed by atoms with Crippen molar-refractivity contribution in [1.29, 1.82) is 0 Å². The van der Waals surface area contributed by atoms with Crippen molar-refractivity contribution < 1.29 is 9.18 Å². The molecule has 0 fully saturated rings. The van der Waals surface area contributed by atoms with Gasteiger partial charge in [-0.3, -0.25) is 4.79 Å². The fraction of sp³-hybridized carbons (Fsp3) is 0.214. The van der Waals surface area contributed by atoms with Crippen molar-refractivity contribution >= 4 is 28.8 Å². The number of carbonyl (C=O) groups excluding carboxylic acids is 1. The Hall–Kier alpha value is -1.43. The molecule has 1 aromatic heterocycles. The van der Waals surface area contributed by atoms with Gasteiger partial charge in [0.15, 0.2) is 0 Å². The number of hydrogen-bond donors (Lipinski definition) is 2. The molecule has 0 aliphatic heterocycles. The van der Waals surface area contributed by atoms with Gasteiger partial charge in [0.1, 0.15) is 5.82 Å². The van der Waals surface area contributed by atoms with E-state index in [1.54, 1.807) is 6.07 Å². The number of amides is 1. The minimum Gasteiger partial charge on any atom is -0.366 e. The highest BCUT2D eigenvalue weighted by atomic mass is 35.5. The molecule has 1 unspecified atom stereocenters. The smallest absolute Gasteiger partial charge is 0.248 e. The van der Waals surface area contributed by atoms with Crippen LogP contribution in [0.1, 0.15) is 33.8 Å². The summed E-state index contributed by atoms with van der Waals surface area (Å²) in [6.45, 7) is 2.35. The van der Waals surface area contributed by atoms with E-state index in [1.807, 2.05) is 19.1 Å². The van der Waals surface area contributed by atoms with E-state index in [0.29, 0.717) is 12.1 Å². The molecule has 1 heterocycles. The third-order valence-electron chi connectivity index (χ3n) is 2.96. The number of hydrogen-bond acceptors (Lipinski definition) is 3. The summed E-state index contributed by atoms with van der Waals surface area (Å²) >= 11 is 7.37. The number of thiophene rings is 1. The first kappa shape index (κ1) is 15.0. The first-order valence-corrected chi connectivity index (χ1v) is 7.23. The van der Waals surface area contributed by atoms with Crippen molar-refractivity contribution in [2.45, 2.75) is 19.5 Å². The van der Waals surface area contributed by atoms with E-state index >= 15 is 0 Å². The van der Waals surface area contributed by atoms with Gasteiger partial charge in [-0.25, -0.2) is 4.39 Å². The minimum absolute atomic E-state index is 0.0720. The van der Waals surface area contributed by atoms with E-state index in [4.69, 9.17) is 17.3 Å². The summed E-state index contributed by atoms with van der Waals surface area (Å²) in [5.74, 6) is -1.07. The van der Waals surface area contributed by atoms with Crippen LogP contribution in [0, 0.1) is 5.82 Å². The van der Waals surface area contributed by atoms with Crippen molar-refractivity contribution in [1.82, 2.24) is 5.32 Å². The summed E-state index contributed by atoms with van der Waals surface area (Å²) in [6.07, 6.45) is 0. The Labute approximate surface area is 125 Å². The Balaban J connectivity index is 2.02. The second-order valence-electron chi connectivity index (χ2n) is 4.41. The number of primary amides is 1. The highest BCUT2D eigenvalue weighted by Crippen LogP contribution is 2.26. The summed E-state index contributed by atoms with van der Waals surface area (Å²) in [5, 5.41) is 3.21. The van der Waals surface area contributed by atoms with E-state index in [9.17, 15) is 9.18 Å². The zero-order chi connectivity index (χ0) is 14.7. The first-order valence-electron chi connectivity index (χ1n) is 6.04. The molecule has 3 nitrogen and oxygen atoms in total. The van der Waals surface area contributed by atoms with Crippen LogP contribution in [0.4, 0.5) is 4.39 Å². The standard InChI is InChI=1S/C14H14ClFN2OS/c1-8(12-4-5-13(15)20-12)18-7-10-3-2-9(14(17)19)6-11(10)16/h2-6,8,18H,7H2,1H3,(H2,17,19).